The zero-order valence-electron chi connectivity index (χ0n) is 12.6. The van der Waals surface area contributed by atoms with Crippen molar-refractivity contribution in [2.75, 3.05) is 6.61 Å². The summed E-state index contributed by atoms with van der Waals surface area (Å²) >= 11 is 0. The molecule has 1 N–H and O–H groups in total. The molecule has 0 aromatic heterocycles. The Morgan fingerprint density at radius 2 is 2.19 bits per heavy atom. The first kappa shape index (κ1) is 17.2. The summed E-state index contributed by atoms with van der Waals surface area (Å²) < 4.78 is 19.5. The summed E-state index contributed by atoms with van der Waals surface area (Å²) in [5, 5.41) is 8.67. The number of ether oxygens (including phenoxy) is 1. The highest BCUT2D eigenvalue weighted by Gasteiger charge is 2.12. The number of hydrogen-bond acceptors (Lipinski definition) is 2. The second-order valence-corrected chi connectivity index (χ2v) is 5.06. The molecule has 0 heterocycles. The van der Waals surface area contributed by atoms with Gasteiger partial charge in [-0.15, -0.1) is 0 Å². The molecule has 1 atom stereocenters. The van der Waals surface area contributed by atoms with E-state index in [9.17, 15) is 9.18 Å². The van der Waals surface area contributed by atoms with Gasteiger partial charge in [0.05, 0.1) is 6.61 Å². The Morgan fingerprint density at radius 1 is 1.43 bits per heavy atom. The maximum absolute atomic E-state index is 13.9. The molecule has 1 unspecified atom stereocenters. The van der Waals surface area contributed by atoms with E-state index in [1.165, 1.54) is 18.2 Å². The Morgan fingerprint density at radius 3 is 2.81 bits per heavy atom. The number of carbonyl (C=O) groups is 1. The van der Waals surface area contributed by atoms with Gasteiger partial charge in [-0.25, -0.2) is 9.18 Å². The average molecular weight is 294 g/mol. The molecule has 0 saturated carbocycles. The van der Waals surface area contributed by atoms with Crippen LogP contribution in [0.5, 0.6) is 5.75 Å². The molecular formula is C17H23FO3. The minimum absolute atomic E-state index is 0.130. The Hall–Kier alpha value is -1.84. The highest BCUT2D eigenvalue weighted by atomic mass is 19.1. The molecule has 0 bridgehead atoms. The minimum atomic E-state index is -1.07. The van der Waals surface area contributed by atoms with Crippen LogP contribution in [0.15, 0.2) is 24.3 Å². The fourth-order valence-corrected chi connectivity index (χ4v) is 2.07. The van der Waals surface area contributed by atoms with Gasteiger partial charge in [0.25, 0.3) is 0 Å². The van der Waals surface area contributed by atoms with E-state index in [-0.39, 0.29) is 5.75 Å². The molecule has 3 nitrogen and oxygen atoms in total. The van der Waals surface area contributed by atoms with E-state index in [2.05, 4.69) is 13.8 Å². The molecule has 0 aliphatic carbocycles. The van der Waals surface area contributed by atoms with Crippen LogP contribution in [0.25, 0.3) is 6.08 Å². The summed E-state index contributed by atoms with van der Waals surface area (Å²) in [5.74, 6) is -1.02. The molecule has 116 valence electrons. The number of carboxylic acids is 1. The maximum Gasteiger partial charge on any atom is 0.328 e. The van der Waals surface area contributed by atoms with Gasteiger partial charge in [0, 0.05) is 11.6 Å². The van der Waals surface area contributed by atoms with E-state index in [4.69, 9.17) is 9.84 Å². The van der Waals surface area contributed by atoms with E-state index in [1.54, 1.807) is 6.07 Å². The summed E-state index contributed by atoms with van der Waals surface area (Å²) in [5.41, 5.74) is 0.447. The van der Waals surface area contributed by atoms with Gasteiger partial charge in [-0.05, 0) is 24.5 Å². The van der Waals surface area contributed by atoms with Crippen molar-refractivity contribution in [2.45, 2.75) is 39.5 Å². The Balaban J connectivity index is 2.79. The first-order valence-electron chi connectivity index (χ1n) is 7.40. The monoisotopic (exact) mass is 294 g/mol. The van der Waals surface area contributed by atoms with Gasteiger partial charge in [0.1, 0.15) is 0 Å². The fraction of sp³-hybridized carbons (Fsp3) is 0.471. The summed E-state index contributed by atoms with van der Waals surface area (Å²) in [7, 11) is 0. The van der Waals surface area contributed by atoms with Gasteiger partial charge in [-0.3, -0.25) is 0 Å². The van der Waals surface area contributed by atoms with Crippen molar-refractivity contribution in [1.29, 1.82) is 0 Å². The van der Waals surface area contributed by atoms with Crippen molar-refractivity contribution in [3.63, 3.8) is 0 Å². The standard InChI is InChI=1S/C17H23FO3/c1-3-5-7-13(4-2)12-21-17-14(10-11-16(19)20)8-6-9-15(17)18/h6,8-11,13H,3-5,7,12H2,1-2H3,(H,19,20)/b11-10+. The van der Waals surface area contributed by atoms with E-state index in [0.717, 1.165) is 31.8 Å². The van der Waals surface area contributed by atoms with Gasteiger partial charge >= 0.3 is 5.97 Å². The predicted molar refractivity (Wildman–Crippen MR) is 81.9 cm³/mol. The highest BCUT2D eigenvalue weighted by Crippen LogP contribution is 2.25. The lowest BCUT2D eigenvalue weighted by molar-refractivity contribution is -0.131. The number of hydrogen-bond donors (Lipinski definition) is 1. The number of aliphatic carboxylic acids is 1. The van der Waals surface area contributed by atoms with Crippen molar-refractivity contribution in [3.8, 4) is 5.75 Å². The molecule has 1 rings (SSSR count). The van der Waals surface area contributed by atoms with Crippen LogP contribution in [-0.2, 0) is 4.79 Å². The van der Waals surface area contributed by atoms with Crippen molar-refractivity contribution in [2.24, 2.45) is 5.92 Å². The average Bonchev–Trinajstić information content (AvgIpc) is 2.46. The van der Waals surface area contributed by atoms with Crippen LogP contribution < -0.4 is 4.74 Å². The van der Waals surface area contributed by atoms with Crippen molar-refractivity contribution in [1.82, 2.24) is 0 Å². The number of unbranched alkanes of at least 4 members (excludes halogenated alkanes) is 1. The van der Waals surface area contributed by atoms with Crippen molar-refractivity contribution >= 4 is 12.0 Å². The Labute approximate surface area is 125 Å². The molecular weight excluding hydrogens is 271 g/mol. The second-order valence-electron chi connectivity index (χ2n) is 5.06. The molecule has 0 amide bonds. The molecule has 1 aromatic carbocycles. The lowest BCUT2D eigenvalue weighted by Gasteiger charge is -2.17. The van der Waals surface area contributed by atoms with Crippen molar-refractivity contribution in [3.05, 3.63) is 35.7 Å². The van der Waals surface area contributed by atoms with Crippen LogP contribution in [0.4, 0.5) is 4.39 Å². The van der Waals surface area contributed by atoms with E-state index < -0.39 is 11.8 Å². The third-order valence-electron chi connectivity index (χ3n) is 3.41. The van der Waals surface area contributed by atoms with Crippen LogP contribution >= 0.6 is 0 Å². The van der Waals surface area contributed by atoms with E-state index in [1.807, 2.05) is 0 Å². The lowest BCUT2D eigenvalue weighted by Crippen LogP contribution is -2.12. The highest BCUT2D eigenvalue weighted by molar-refractivity contribution is 5.85. The third kappa shape index (κ3) is 5.98. The summed E-state index contributed by atoms with van der Waals surface area (Å²) in [4.78, 5) is 10.6. The topological polar surface area (TPSA) is 46.5 Å². The largest absolute Gasteiger partial charge is 0.490 e. The third-order valence-corrected chi connectivity index (χ3v) is 3.41. The molecule has 0 spiro atoms. The van der Waals surface area contributed by atoms with Crippen LogP contribution in [-0.4, -0.2) is 17.7 Å². The zero-order chi connectivity index (χ0) is 15.7. The zero-order valence-corrected chi connectivity index (χ0v) is 12.6. The summed E-state index contributed by atoms with van der Waals surface area (Å²) in [6.45, 7) is 4.68. The van der Waals surface area contributed by atoms with Crippen LogP contribution in [0.2, 0.25) is 0 Å². The first-order chi connectivity index (χ1) is 10.1. The van der Waals surface area contributed by atoms with Gasteiger partial charge in [-0.1, -0.05) is 45.2 Å². The van der Waals surface area contributed by atoms with Gasteiger partial charge in [-0.2, -0.15) is 0 Å². The summed E-state index contributed by atoms with van der Waals surface area (Å²) in [6.07, 6.45) is 6.63. The lowest BCUT2D eigenvalue weighted by atomic mass is 10.0. The Kier molecular flexibility index (Phi) is 7.51. The van der Waals surface area contributed by atoms with Gasteiger partial charge in [0.15, 0.2) is 11.6 Å². The minimum Gasteiger partial charge on any atom is -0.490 e. The predicted octanol–water partition coefficient (Wildman–Crippen LogP) is 4.52. The van der Waals surface area contributed by atoms with Crippen LogP contribution in [0.1, 0.15) is 45.1 Å². The van der Waals surface area contributed by atoms with Crippen molar-refractivity contribution < 1.29 is 19.0 Å². The molecule has 0 aliphatic rings. The Bertz CT molecular complexity index is 483. The second kappa shape index (κ2) is 9.16. The number of halogens is 1. The SMILES string of the molecule is CCCCC(CC)COc1c(F)cccc1/C=C/C(=O)O. The molecule has 0 fully saturated rings. The normalized spacial score (nSPS) is 12.5. The molecule has 0 radical (unpaired) electrons. The quantitative estimate of drug-likeness (QED) is 0.681. The fourth-order valence-electron chi connectivity index (χ4n) is 2.07. The number of rotatable bonds is 9. The number of carboxylic acid groups (broad SMARTS) is 1. The van der Waals surface area contributed by atoms with Gasteiger partial charge < -0.3 is 9.84 Å². The molecule has 0 aliphatic heterocycles. The number of benzene rings is 1. The summed E-state index contributed by atoms with van der Waals surface area (Å²) in [6, 6.07) is 4.50. The smallest absolute Gasteiger partial charge is 0.328 e. The number of para-hydroxylation sites is 1. The maximum atomic E-state index is 13.9. The molecule has 1 aromatic rings. The molecule has 0 saturated heterocycles. The van der Waals surface area contributed by atoms with Gasteiger partial charge in [0.2, 0.25) is 0 Å². The molecule has 21 heavy (non-hydrogen) atoms. The van der Waals surface area contributed by atoms with Crippen LogP contribution in [0.3, 0.4) is 0 Å². The first-order valence-corrected chi connectivity index (χ1v) is 7.40. The molecule has 4 heteroatoms. The van der Waals surface area contributed by atoms with E-state index in [0.29, 0.717) is 18.1 Å². The van der Waals surface area contributed by atoms with E-state index >= 15 is 0 Å². The van der Waals surface area contributed by atoms with Crippen LogP contribution in [0, 0.1) is 11.7 Å².